The van der Waals surface area contributed by atoms with Gasteiger partial charge >= 0.3 is 0 Å². The molecule has 2 rings (SSSR count). The molecule has 2 aromatic heterocycles. The highest BCUT2D eigenvalue weighted by atomic mass is 32.1. The van der Waals surface area contributed by atoms with Crippen LogP contribution < -0.4 is 4.90 Å². The molecule has 74 valence electrons. The lowest BCUT2D eigenvalue weighted by atomic mass is 10.5. The Morgan fingerprint density at radius 3 is 2.57 bits per heavy atom. The Morgan fingerprint density at radius 1 is 1.29 bits per heavy atom. The summed E-state index contributed by atoms with van der Waals surface area (Å²) < 4.78 is 0. The Balaban J connectivity index is 2.16. The van der Waals surface area contributed by atoms with Crippen molar-refractivity contribution in [1.29, 1.82) is 0 Å². The molecule has 0 aliphatic rings. The van der Waals surface area contributed by atoms with E-state index in [0.29, 0.717) is 5.01 Å². The monoisotopic (exact) mass is 227 g/mol. The third kappa shape index (κ3) is 1.77. The topological polar surface area (TPSA) is 49.2 Å². The first-order valence-corrected chi connectivity index (χ1v) is 5.75. The molecule has 4 nitrogen and oxygen atoms in total. The van der Waals surface area contributed by atoms with E-state index in [1.165, 1.54) is 22.7 Å². The van der Waals surface area contributed by atoms with Crippen LogP contribution in [-0.2, 0) is 0 Å². The first-order valence-electron chi connectivity index (χ1n) is 3.99. The van der Waals surface area contributed by atoms with E-state index in [-0.39, 0.29) is 0 Å². The maximum Gasteiger partial charge on any atom is 0.187 e. The molecule has 0 radical (unpaired) electrons. The second kappa shape index (κ2) is 4.04. The fourth-order valence-corrected chi connectivity index (χ4v) is 2.32. The van der Waals surface area contributed by atoms with Gasteiger partial charge in [-0.25, -0.2) is 9.97 Å². The van der Waals surface area contributed by atoms with Gasteiger partial charge in [-0.3, -0.25) is 0 Å². The van der Waals surface area contributed by atoms with Crippen LogP contribution in [0.1, 0.15) is 11.2 Å². The molecular formula is C8H9N3OS2. The van der Waals surface area contributed by atoms with Gasteiger partial charge < -0.3 is 10.0 Å². The maximum absolute atomic E-state index is 9.89. The van der Waals surface area contributed by atoms with Crippen LogP contribution in [0.5, 0.6) is 0 Å². The molecule has 0 aliphatic heterocycles. The van der Waals surface area contributed by atoms with Gasteiger partial charge in [0.1, 0.15) is 5.01 Å². The van der Waals surface area contributed by atoms with Gasteiger partial charge in [-0.15, -0.1) is 22.7 Å². The maximum atomic E-state index is 9.89. The molecular weight excluding hydrogens is 218 g/mol. The molecule has 0 amide bonds. The highest BCUT2D eigenvalue weighted by Crippen LogP contribution is 2.25. The van der Waals surface area contributed by atoms with Gasteiger partial charge in [-0.2, -0.15) is 0 Å². The van der Waals surface area contributed by atoms with Gasteiger partial charge in [-0.1, -0.05) is 0 Å². The lowest BCUT2D eigenvalue weighted by Crippen LogP contribution is -2.23. The lowest BCUT2D eigenvalue weighted by molar-refractivity contribution is 0.178. The van der Waals surface area contributed by atoms with E-state index in [4.69, 9.17) is 0 Å². The summed E-state index contributed by atoms with van der Waals surface area (Å²) in [4.78, 5) is 9.86. The van der Waals surface area contributed by atoms with Crippen molar-refractivity contribution in [3.05, 3.63) is 28.2 Å². The zero-order valence-corrected chi connectivity index (χ0v) is 9.13. The smallest absolute Gasteiger partial charge is 0.187 e. The second-order valence-electron chi connectivity index (χ2n) is 2.67. The Labute approximate surface area is 89.5 Å². The van der Waals surface area contributed by atoms with Crippen LogP contribution in [0.15, 0.2) is 23.2 Å². The van der Waals surface area contributed by atoms with Gasteiger partial charge in [0.05, 0.1) is 0 Å². The van der Waals surface area contributed by atoms with Gasteiger partial charge in [0, 0.05) is 30.2 Å². The SMILES string of the molecule is CN(c1nccs1)C(O)c1nccs1. The number of hydrogen-bond donors (Lipinski definition) is 1. The van der Waals surface area contributed by atoms with Crippen molar-refractivity contribution in [3.8, 4) is 0 Å². The highest BCUT2D eigenvalue weighted by Gasteiger charge is 2.17. The molecule has 0 saturated heterocycles. The van der Waals surface area contributed by atoms with Gasteiger partial charge in [0.25, 0.3) is 0 Å². The average molecular weight is 227 g/mol. The van der Waals surface area contributed by atoms with Crippen molar-refractivity contribution in [2.24, 2.45) is 0 Å². The largest absolute Gasteiger partial charge is 0.367 e. The highest BCUT2D eigenvalue weighted by molar-refractivity contribution is 7.13. The summed E-state index contributed by atoms with van der Waals surface area (Å²) in [6, 6.07) is 0. The number of hydrogen-bond acceptors (Lipinski definition) is 6. The van der Waals surface area contributed by atoms with E-state index in [2.05, 4.69) is 9.97 Å². The number of aliphatic hydroxyl groups is 1. The summed E-state index contributed by atoms with van der Waals surface area (Å²) in [5, 5.41) is 15.1. The quantitative estimate of drug-likeness (QED) is 0.811. The zero-order valence-electron chi connectivity index (χ0n) is 7.49. The number of thiazole rings is 2. The first-order chi connectivity index (χ1) is 6.79. The average Bonchev–Trinajstić information content (AvgIpc) is 2.87. The van der Waals surface area contributed by atoms with Gasteiger partial charge in [0.15, 0.2) is 11.4 Å². The minimum atomic E-state index is -0.707. The Hall–Kier alpha value is -0.980. The van der Waals surface area contributed by atoms with Crippen LogP contribution in [-0.4, -0.2) is 22.1 Å². The van der Waals surface area contributed by atoms with E-state index in [1.807, 2.05) is 10.8 Å². The molecule has 0 fully saturated rings. The summed E-state index contributed by atoms with van der Waals surface area (Å²) in [5.41, 5.74) is 0. The normalized spacial score (nSPS) is 12.7. The van der Waals surface area contributed by atoms with Crippen LogP contribution in [0.3, 0.4) is 0 Å². The molecule has 14 heavy (non-hydrogen) atoms. The van der Waals surface area contributed by atoms with Gasteiger partial charge in [-0.05, 0) is 0 Å². The molecule has 6 heteroatoms. The Kier molecular flexibility index (Phi) is 2.76. The van der Waals surface area contributed by atoms with Crippen molar-refractivity contribution < 1.29 is 5.11 Å². The third-order valence-corrected chi connectivity index (χ3v) is 3.44. The molecule has 1 unspecified atom stereocenters. The predicted molar refractivity (Wildman–Crippen MR) is 57.6 cm³/mol. The molecule has 0 bridgehead atoms. The number of aromatic nitrogens is 2. The molecule has 0 spiro atoms. The molecule has 2 heterocycles. The first kappa shape index (κ1) is 9.57. The summed E-state index contributed by atoms with van der Waals surface area (Å²) in [6.45, 7) is 0. The van der Waals surface area contributed by atoms with E-state index in [0.717, 1.165) is 5.13 Å². The number of aliphatic hydroxyl groups excluding tert-OH is 1. The molecule has 0 aliphatic carbocycles. The van der Waals surface area contributed by atoms with E-state index < -0.39 is 6.23 Å². The third-order valence-electron chi connectivity index (χ3n) is 1.76. The van der Waals surface area contributed by atoms with Crippen molar-refractivity contribution >= 4 is 27.8 Å². The predicted octanol–water partition coefficient (Wildman–Crippen LogP) is 1.73. The summed E-state index contributed by atoms with van der Waals surface area (Å²) in [6.07, 6.45) is 2.69. The standard InChI is InChI=1S/C8H9N3OS2/c1-11(8-10-3-5-14-8)7(12)6-9-2-4-13-6/h2-5,7,12H,1H3. The summed E-state index contributed by atoms with van der Waals surface area (Å²) >= 11 is 2.92. The van der Waals surface area contributed by atoms with Gasteiger partial charge in [0.2, 0.25) is 0 Å². The van der Waals surface area contributed by atoms with E-state index in [9.17, 15) is 5.11 Å². The van der Waals surface area contributed by atoms with Crippen LogP contribution in [0, 0.1) is 0 Å². The summed E-state index contributed by atoms with van der Waals surface area (Å²) in [5.74, 6) is 0. The minimum absolute atomic E-state index is 0.683. The molecule has 0 saturated carbocycles. The van der Waals surface area contributed by atoms with Crippen LogP contribution in [0.25, 0.3) is 0 Å². The van der Waals surface area contributed by atoms with E-state index >= 15 is 0 Å². The number of anilines is 1. The van der Waals surface area contributed by atoms with Crippen molar-refractivity contribution in [1.82, 2.24) is 9.97 Å². The fraction of sp³-hybridized carbons (Fsp3) is 0.250. The number of nitrogens with zero attached hydrogens (tertiary/aromatic N) is 3. The second-order valence-corrected chi connectivity index (χ2v) is 4.47. The fourth-order valence-electron chi connectivity index (χ4n) is 1.02. The summed E-state index contributed by atoms with van der Waals surface area (Å²) in [7, 11) is 1.80. The Morgan fingerprint density at radius 2 is 2.00 bits per heavy atom. The molecule has 1 N–H and O–H groups in total. The molecule has 0 aromatic carbocycles. The van der Waals surface area contributed by atoms with Crippen molar-refractivity contribution in [2.45, 2.75) is 6.23 Å². The van der Waals surface area contributed by atoms with Crippen LogP contribution in [0.2, 0.25) is 0 Å². The molecule has 1 atom stereocenters. The Bertz CT molecular complexity index is 335. The zero-order chi connectivity index (χ0) is 9.97. The van der Waals surface area contributed by atoms with Crippen LogP contribution in [0.4, 0.5) is 5.13 Å². The minimum Gasteiger partial charge on any atom is -0.367 e. The molecule has 2 aromatic rings. The van der Waals surface area contributed by atoms with E-state index in [1.54, 1.807) is 24.3 Å². The lowest BCUT2D eigenvalue weighted by Gasteiger charge is -2.20. The number of rotatable bonds is 3. The van der Waals surface area contributed by atoms with Crippen molar-refractivity contribution in [2.75, 3.05) is 11.9 Å². The van der Waals surface area contributed by atoms with Crippen LogP contribution >= 0.6 is 22.7 Å². The van der Waals surface area contributed by atoms with Crippen molar-refractivity contribution in [3.63, 3.8) is 0 Å².